The van der Waals surface area contributed by atoms with Crippen LogP contribution in [0.3, 0.4) is 0 Å². The van der Waals surface area contributed by atoms with Gasteiger partial charge in [0.1, 0.15) is 29.9 Å². The molecular formula is C28H33N3O8S2. The summed E-state index contributed by atoms with van der Waals surface area (Å²) in [5, 5.41) is 2.69. The molecule has 1 atom stereocenters. The minimum absolute atomic E-state index is 0.0957. The van der Waals surface area contributed by atoms with Gasteiger partial charge in [-0.25, -0.2) is 16.8 Å². The van der Waals surface area contributed by atoms with Gasteiger partial charge >= 0.3 is 0 Å². The number of amides is 1. The van der Waals surface area contributed by atoms with Crippen LogP contribution in [0.4, 0.5) is 5.69 Å². The number of ether oxygens (including phenoxy) is 3. The number of benzene rings is 3. The number of hydrogen-bond acceptors (Lipinski definition) is 8. The molecule has 4 rings (SSSR count). The van der Waals surface area contributed by atoms with Crippen LogP contribution in [0.2, 0.25) is 0 Å². The predicted molar refractivity (Wildman–Crippen MR) is 154 cm³/mol. The fraction of sp³-hybridized carbons (Fsp3) is 0.321. The molecule has 1 fully saturated rings. The van der Waals surface area contributed by atoms with E-state index in [0.717, 1.165) is 10.6 Å². The van der Waals surface area contributed by atoms with Crippen LogP contribution in [0.25, 0.3) is 0 Å². The first-order valence-electron chi connectivity index (χ1n) is 13.0. The van der Waals surface area contributed by atoms with E-state index in [0.29, 0.717) is 49.2 Å². The normalized spacial score (nSPS) is 15.1. The molecule has 13 heteroatoms. The van der Waals surface area contributed by atoms with Gasteiger partial charge in [0.25, 0.3) is 0 Å². The lowest BCUT2D eigenvalue weighted by Gasteiger charge is -2.28. The number of carbonyl (C=O) groups is 1. The average molecular weight is 604 g/mol. The zero-order chi connectivity index (χ0) is 29.5. The summed E-state index contributed by atoms with van der Waals surface area (Å²) in [7, 11) is -7.40. The van der Waals surface area contributed by atoms with Crippen LogP contribution >= 0.6 is 0 Å². The standard InChI is InChI=1S/C28H33N3O8S2/c1-22(31(40(2,33)34)23-8-10-26(11-9-23)39-25-6-4-3-5-7-25)28(32)29-16-19-38-24-12-14-27(15-13-24)41(35,36)30-17-20-37-21-18-30/h3-15,22H,16-21H2,1-2H3,(H,29,32)/t22-/m0/s1. The topological polar surface area (TPSA) is 132 Å². The van der Waals surface area contributed by atoms with Crippen molar-refractivity contribution in [2.75, 3.05) is 50.0 Å². The summed E-state index contributed by atoms with van der Waals surface area (Å²) in [4.78, 5) is 13.0. The van der Waals surface area contributed by atoms with E-state index in [1.165, 1.54) is 23.4 Å². The Kier molecular flexibility index (Phi) is 9.86. The average Bonchev–Trinajstić information content (AvgIpc) is 2.97. The van der Waals surface area contributed by atoms with Crippen molar-refractivity contribution in [3.8, 4) is 17.2 Å². The Hall–Kier alpha value is -3.65. The van der Waals surface area contributed by atoms with Crippen LogP contribution in [0.1, 0.15) is 6.92 Å². The number of anilines is 1. The van der Waals surface area contributed by atoms with E-state index in [2.05, 4.69) is 5.32 Å². The van der Waals surface area contributed by atoms with Gasteiger partial charge in [-0.15, -0.1) is 0 Å². The molecule has 0 bridgehead atoms. The summed E-state index contributed by atoms with van der Waals surface area (Å²) in [5.41, 5.74) is 0.318. The fourth-order valence-electron chi connectivity index (χ4n) is 4.23. The van der Waals surface area contributed by atoms with Crippen molar-refractivity contribution in [3.05, 3.63) is 78.9 Å². The number of sulfonamides is 2. The number of nitrogens with zero attached hydrogens (tertiary/aromatic N) is 2. The zero-order valence-corrected chi connectivity index (χ0v) is 24.4. The van der Waals surface area contributed by atoms with E-state index in [4.69, 9.17) is 14.2 Å². The molecule has 1 heterocycles. The summed E-state index contributed by atoms with van der Waals surface area (Å²) in [6.45, 7) is 3.05. The highest BCUT2D eigenvalue weighted by molar-refractivity contribution is 7.92. The Labute approximate surface area is 240 Å². The molecule has 1 saturated heterocycles. The molecule has 3 aromatic rings. The number of hydrogen-bond donors (Lipinski definition) is 1. The molecule has 11 nitrogen and oxygen atoms in total. The number of morpholine rings is 1. The second-order valence-electron chi connectivity index (χ2n) is 9.27. The molecule has 3 aromatic carbocycles. The Morgan fingerprint density at radius 1 is 0.902 bits per heavy atom. The monoisotopic (exact) mass is 603 g/mol. The second-order valence-corrected chi connectivity index (χ2v) is 13.1. The lowest BCUT2D eigenvalue weighted by molar-refractivity contribution is -0.121. The summed E-state index contributed by atoms with van der Waals surface area (Å²) >= 11 is 0. The molecule has 0 saturated carbocycles. The molecule has 220 valence electrons. The van der Waals surface area contributed by atoms with Crippen LogP contribution in [0.5, 0.6) is 17.2 Å². The van der Waals surface area contributed by atoms with Gasteiger partial charge < -0.3 is 19.5 Å². The first-order chi connectivity index (χ1) is 19.6. The van der Waals surface area contributed by atoms with Gasteiger partial charge in [-0.3, -0.25) is 9.10 Å². The van der Waals surface area contributed by atoms with E-state index in [-0.39, 0.29) is 18.0 Å². The molecule has 41 heavy (non-hydrogen) atoms. The van der Waals surface area contributed by atoms with Crippen LogP contribution in [-0.2, 0) is 29.6 Å². The quantitative estimate of drug-likeness (QED) is 0.313. The van der Waals surface area contributed by atoms with Crippen LogP contribution in [0.15, 0.2) is 83.8 Å². The van der Waals surface area contributed by atoms with E-state index < -0.39 is 32.0 Å². The predicted octanol–water partition coefficient (Wildman–Crippen LogP) is 2.85. The van der Waals surface area contributed by atoms with Gasteiger partial charge in [0.05, 0.1) is 36.6 Å². The van der Waals surface area contributed by atoms with Gasteiger partial charge in [-0.05, 0) is 67.6 Å². The van der Waals surface area contributed by atoms with Crippen LogP contribution in [0, 0.1) is 0 Å². The minimum Gasteiger partial charge on any atom is -0.492 e. The van der Waals surface area contributed by atoms with Gasteiger partial charge in [-0.1, -0.05) is 18.2 Å². The highest BCUT2D eigenvalue weighted by Gasteiger charge is 2.29. The molecule has 0 aromatic heterocycles. The molecule has 1 aliphatic rings. The van der Waals surface area contributed by atoms with Crippen LogP contribution < -0.4 is 19.1 Å². The summed E-state index contributed by atoms with van der Waals surface area (Å²) < 4.78 is 69.7. The smallest absolute Gasteiger partial charge is 0.243 e. The van der Waals surface area contributed by atoms with Gasteiger partial charge in [0.15, 0.2) is 0 Å². The summed E-state index contributed by atoms with van der Waals surface area (Å²) in [6.07, 6.45) is 1.04. The third kappa shape index (κ3) is 7.97. The lowest BCUT2D eigenvalue weighted by Crippen LogP contribution is -2.48. The molecular weight excluding hydrogens is 570 g/mol. The van der Waals surface area contributed by atoms with Crippen molar-refractivity contribution in [2.24, 2.45) is 0 Å². The molecule has 1 N–H and O–H groups in total. The van der Waals surface area contributed by atoms with Gasteiger partial charge in [0.2, 0.25) is 26.0 Å². The first kappa shape index (κ1) is 30.3. The van der Waals surface area contributed by atoms with E-state index in [1.54, 1.807) is 48.5 Å². The van der Waals surface area contributed by atoms with Crippen molar-refractivity contribution in [2.45, 2.75) is 17.9 Å². The van der Waals surface area contributed by atoms with Crippen molar-refractivity contribution in [1.82, 2.24) is 9.62 Å². The van der Waals surface area contributed by atoms with E-state index in [9.17, 15) is 21.6 Å². The largest absolute Gasteiger partial charge is 0.492 e. The maximum Gasteiger partial charge on any atom is 0.243 e. The Balaban J connectivity index is 1.30. The highest BCUT2D eigenvalue weighted by atomic mass is 32.2. The maximum absolute atomic E-state index is 12.9. The van der Waals surface area contributed by atoms with Crippen LogP contribution in [-0.4, -0.2) is 78.8 Å². The SMILES string of the molecule is C[C@@H](C(=O)NCCOc1ccc(S(=O)(=O)N2CCOCC2)cc1)N(c1ccc(Oc2ccccc2)cc1)S(C)(=O)=O. The number of rotatable bonds is 12. The third-order valence-electron chi connectivity index (χ3n) is 6.26. The summed E-state index contributed by atoms with van der Waals surface area (Å²) in [6, 6.07) is 20.6. The van der Waals surface area contributed by atoms with Crippen molar-refractivity contribution in [1.29, 1.82) is 0 Å². The molecule has 0 spiro atoms. The highest BCUT2D eigenvalue weighted by Crippen LogP contribution is 2.27. The molecule has 0 aliphatic carbocycles. The molecule has 0 unspecified atom stereocenters. The minimum atomic E-state index is -3.79. The number of para-hydroxylation sites is 1. The Morgan fingerprint density at radius 3 is 2.10 bits per heavy atom. The van der Waals surface area contributed by atoms with E-state index >= 15 is 0 Å². The number of nitrogens with one attached hydrogen (secondary N) is 1. The Morgan fingerprint density at radius 2 is 1.49 bits per heavy atom. The second kappa shape index (κ2) is 13.3. The third-order valence-corrected chi connectivity index (χ3v) is 9.41. The van der Waals surface area contributed by atoms with Crippen molar-refractivity contribution in [3.63, 3.8) is 0 Å². The molecule has 1 amide bonds. The fourth-order valence-corrected chi connectivity index (χ4v) is 6.81. The van der Waals surface area contributed by atoms with Crippen molar-refractivity contribution < 1.29 is 35.8 Å². The molecule has 0 radical (unpaired) electrons. The van der Waals surface area contributed by atoms with Crippen molar-refractivity contribution >= 4 is 31.6 Å². The number of carbonyl (C=O) groups excluding carboxylic acids is 1. The van der Waals surface area contributed by atoms with Gasteiger partial charge in [-0.2, -0.15) is 4.31 Å². The Bertz CT molecular complexity index is 1510. The lowest BCUT2D eigenvalue weighted by atomic mass is 10.2. The van der Waals surface area contributed by atoms with Gasteiger partial charge in [0, 0.05) is 13.1 Å². The zero-order valence-electron chi connectivity index (χ0n) is 22.8. The molecule has 1 aliphatic heterocycles. The maximum atomic E-state index is 12.9. The first-order valence-corrected chi connectivity index (χ1v) is 16.3. The van der Waals surface area contributed by atoms with E-state index in [1.807, 2.05) is 18.2 Å². The summed E-state index contributed by atoms with van der Waals surface area (Å²) in [5.74, 6) is 1.10.